The Bertz CT molecular complexity index is 895. The molecule has 30 heavy (non-hydrogen) atoms. The van der Waals surface area contributed by atoms with Gasteiger partial charge in [-0.1, -0.05) is 60.7 Å². The molecule has 0 radical (unpaired) electrons. The fourth-order valence-corrected chi connectivity index (χ4v) is 4.51. The lowest BCUT2D eigenvalue weighted by Gasteiger charge is -2.33. The van der Waals surface area contributed by atoms with E-state index in [0.717, 1.165) is 31.1 Å². The predicted octanol–water partition coefficient (Wildman–Crippen LogP) is 4.47. The van der Waals surface area contributed by atoms with E-state index in [1.807, 2.05) is 11.7 Å². The Kier molecular flexibility index (Phi) is 6.98. The Morgan fingerprint density at radius 3 is 2.30 bits per heavy atom. The fourth-order valence-electron chi connectivity index (χ4n) is 4.51. The molecular formula is C26H34N4. The second-order valence-corrected chi connectivity index (χ2v) is 8.76. The van der Waals surface area contributed by atoms with E-state index >= 15 is 0 Å². The van der Waals surface area contributed by atoms with Gasteiger partial charge in [0.1, 0.15) is 0 Å². The Balaban J connectivity index is 1.50. The van der Waals surface area contributed by atoms with Gasteiger partial charge in [-0.3, -0.25) is 9.58 Å². The van der Waals surface area contributed by atoms with E-state index in [1.54, 1.807) is 0 Å². The molecule has 0 amide bonds. The molecule has 2 aromatic carbocycles. The third-order valence-corrected chi connectivity index (χ3v) is 6.26. The van der Waals surface area contributed by atoms with Gasteiger partial charge in [-0.2, -0.15) is 5.10 Å². The highest BCUT2D eigenvalue weighted by atomic mass is 15.3. The molecule has 0 saturated carbocycles. The van der Waals surface area contributed by atoms with Crippen LogP contribution < -0.4 is 0 Å². The lowest BCUT2D eigenvalue weighted by Crippen LogP contribution is -2.37. The molecule has 0 atom stereocenters. The van der Waals surface area contributed by atoms with E-state index in [0.29, 0.717) is 0 Å². The zero-order valence-electron chi connectivity index (χ0n) is 18.4. The summed E-state index contributed by atoms with van der Waals surface area (Å²) in [6.45, 7) is 5.65. The summed E-state index contributed by atoms with van der Waals surface area (Å²) in [5.74, 6) is 0.786. The standard InChI is InChI=1S/C26H34N4/c1-28-16-13-23(14-17-28)19-30(18-15-22-9-5-3-6-10-22)21-25-20-29(2)27-26(25)24-11-7-4-8-12-24/h3-12,20,23H,13-19,21H2,1-2H3. The molecule has 2 heterocycles. The van der Waals surface area contributed by atoms with E-state index in [9.17, 15) is 0 Å². The Hall–Kier alpha value is -2.43. The first-order valence-electron chi connectivity index (χ1n) is 11.2. The van der Waals surface area contributed by atoms with Crippen LogP contribution in [0.3, 0.4) is 0 Å². The van der Waals surface area contributed by atoms with E-state index in [-0.39, 0.29) is 0 Å². The average molecular weight is 403 g/mol. The molecule has 4 nitrogen and oxygen atoms in total. The van der Waals surface area contributed by atoms with Crippen LogP contribution in [0, 0.1) is 5.92 Å². The van der Waals surface area contributed by atoms with Crippen molar-refractivity contribution in [1.29, 1.82) is 0 Å². The number of likely N-dealkylation sites (tertiary alicyclic amines) is 1. The monoisotopic (exact) mass is 402 g/mol. The van der Waals surface area contributed by atoms with Gasteiger partial charge in [-0.15, -0.1) is 0 Å². The van der Waals surface area contributed by atoms with Gasteiger partial charge in [-0.05, 0) is 50.9 Å². The average Bonchev–Trinajstić information content (AvgIpc) is 3.15. The molecule has 0 aliphatic carbocycles. The topological polar surface area (TPSA) is 24.3 Å². The largest absolute Gasteiger partial charge is 0.306 e. The molecule has 158 valence electrons. The second kappa shape index (κ2) is 10.1. The summed E-state index contributed by atoms with van der Waals surface area (Å²) in [7, 11) is 4.27. The highest BCUT2D eigenvalue weighted by Gasteiger charge is 2.21. The van der Waals surface area contributed by atoms with Gasteiger partial charge in [-0.25, -0.2) is 0 Å². The molecule has 4 heteroatoms. The first kappa shape index (κ1) is 20.8. The molecule has 4 rings (SSSR count). The maximum Gasteiger partial charge on any atom is 0.0968 e. The van der Waals surface area contributed by atoms with Gasteiger partial charge in [0.05, 0.1) is 5.69 Å². The number of aryl methyl sites for hydroxylation is 1. The van der Waals surface area contributed by atoms with Crippen LogP contribution in [0.2, 0.25) is 0 Å². The number of hydrogen-bond donors (Lipinski definition) is 0. The van der Waals surface area contributed by atoms with Gasteiger partial charge in [0.25, 0.3) is 0 Å². The van der Waals surface area contributed by atoms with Crippen LogP contribution in [-0.2, 0) is 20.0 Å². The van der Waals surface area contributed by atoms with E-state index in [1.165, 1.54) is 49.2 Å². The molecule has 0 N–H and O–H groups in total. The van der Waals surface area contributed by atoms with Crippen LogP contribution in [0.4, 0.5) is 0 Å². The van der Waals surface area contributed by atoms with Gasteiger partial charge in [0, 0.05) is 44.0 Å². The summed E-state index contributed by atoms with van der Waals surface area (Å²) in [6, 6.07) is 21.5. The second-order valence-electron chi connectivity index (χ2n) is 8.76. The maximum absolute atomic E-state index is 4.79. The lowest BCUT2D eigenvalue weighted by molar-refractivity contribution is 0.157. The molecular weight excluding hydrogens is 368 g/mol. The Morgan fingerprint density at radius 1 is 0.933 bits per heavy atom. The molecule has 1 aromatic heterocycles. The third-order valence-electron chi connectivity index (χ3n) is 6.26. The fraction of sp³-hybridized carbons (Fsp3) is 0.423. The molecule has 1 fully saturated rings. The van der Waals surface area contributed by atoms with Crippen molar-refractivity contribution in [1.82, 2.24) is 19.6 Å². The predicted molar refractivity (Wildman–Crippen MR) is 124 cm³/mol. The van der Waals surface area contributed by atoms with Crippen molar-refractivity contribution in [2.45, 2.75) is 25.8 Å². The SMILES string of the molecule is CN1CCC(CN(CCc2ccccc2)Cc2cn(C)nc2-c2ccccc2)CC1. The quantitative estimate of drug-likeness (QED) is 0.555. The van der Waals surface area contributed by atoms with Crippen molar-refractivity contribution in [3.63, 3.8) is 0 Å². The van der Waals surface area contributed by atoms with Crippen LogP contribution in [0.5, 0.6) is 0 Å². The highest BCUT2D eigenvalue weighted by Crippen LogP contribution is 2.25. The normalized spacial score (nSPS) is 15.7. The van der Waals surface area contributed by atoms with Crippen LogP contribution >= 0.6 is 0 Å². The molecule has 1 saturated heterocycles. The van der Waals surface area contributed by atoms with Crippen molar-refractivity contribution in [3.8, 4) is 11.3 Å². The van der Waals surface area contributed by atoms with Gasteiger partial charge < -0.3 is 4.90 Å². The van der Waals surface area contributed by atoms with Crippen molar-refractivity contribution >= 4 is 0 Å². The van der Waals surface area contributed by atoms with Gasteiger partial charge in [0.15, 0.2) is 0 Å². The lowest BCUT2D eigenvalue weighted by atomic mass is 9.96. The molecule has 1 aliphatic heterocycles. The third kappa shape index (κ3) is 5.59. The molecule has 0 spiro atoms. The van der Waals surface area contributed by atoms with E-state index < -0.39 is 0 Å². The van der Waals surface area contributed by atoms with E-state index in [2.05, 4.69) is 83.7 Å². The Labute approximate surface area is 181 Å². The van der Waals surface area contributed by atoms with Crippen LogP contribution in [0.1, 0.15) is 24.0 Å². The number of benzene rings is 2. The van der Waals surface area contributed by atoms with Crippen LogP contribution in [-0.4, -0.2) is 52.8 Å². The Morgan fingerprint density at radius 2 is 1.60 bits per heavy atom. The first-order chi connectivity index (χ1) is 14.7. The molecule has 3 aromatic rings. The number of piperidine rings is 1. The summed E-state index contributed by atoms with van der Waals surface area (Å²) in [4.78, 5) is 5.12. The van der Waals surface area contributed by atoms with Crippen molar-refractivity contribution < 1.29 is 0 Å². The highest BCUT2D eigenvalue weighted by molar-refractivity contribution is 5.62. The molecule has 0 unspecified atom stereocenters. The summed E-state index contributed by atoms with van der Waals surface area (Å²) >= 11 is 0. The first-order valence-corrected chi connectivity index (χ1v) is 11.2. The summed E-state index contributed by atoms with van der Waals surface area (Å²) < 4.78 is 1.96. The molecule has 0 bridgehead atoms. The molecule has 1 aliphatic rings. The number of nitrogens with zero attached hydrogens (tertiary/aromatic N) is 4. The number of aromatic nitrogens is 2. The zero-order valence-corrected chi connectivity index (χ0v) is 18.4. The smallest absolute Gasteiger partial charge is 0.0968 e. The zero-order chi connectivity index (χ0) is 20.8. The number of hydrogen-bond acceptors (Lipinski definition) is 3. The summed E-state index contributed by atoms with van der Waals surface area (Å²) in [5, 5.41) is 4.79. The van der Waals surface area contributed by atoms with Gasteiger partial charge >= 0.3 is 0 Å². The van der Waals surface area contributed by atoms with Crippen molar-refractivity contribution in [3.05, 3.63) is 78.0 Å². The minimum atomic E-state index is 0.786. The van der Waals surface area contributed by atoms with E-state index in [4.69, 9.17) is 5.10 Å². The maximum atomic E-state index is 4.79. The number of rotatable bonds is 8. The minimum Gasteiger partial charge on any atom is -0.306 e. The van der Waals surface area contributed by atoms with Crippen LogP contribution in [0.15, 0.2) is 66.9 Å². The van der Waals surface area contributed by atoms with Crippen LogP contribution in [0.25, 0.3) is 11.3 Å². The van der Waals surface area contributed by atoms with Crippen molar-refractivity contribution in [2.24, 2.45) is 13.0 Å². The summed E-state index contributed by atoms with van der Waals surface area (Å²) in [6.07, 6.45) is 5.90. The van der Waals surface area contributed by atoms with Gasteiger partial charge in [0.2, 0.25) is 0 Å². The minimum absolute atomic E-state index is 0.786. The summed E-state index contributed by atoms with van der Waals surface area (Å²) in [5.41, 5.74) is 5.06. The van der Waals surface area contributed by atoms with Crippen molar-refractivity contribution in [2.75, 3.05) is 33.2 Å².